The van der Waals surface area contributed by atoms with E-state index in [0.29, 0.717) is 34.4 Å². The second-order valence-corrected chi connectivity index (χ2v) is 7.28. The highest BCUT2D eigenvalue weighted by molar-refractivity contribution is 6.30. The maximum absolute atomic E-state index is 12.9. The van der Waals surface area contributed by atoms with Crippen LogP contribution in [-0.2, 0) is 17.5 Å². The Bertz CT molecular complexity index is 1050. The molecule has 2 aromatic carbocycles. The molecular formula is C20H15ClF3N3O2. The summed E-state index contributed by atoms with van der Waals surface area (Å²) in [6, 6.07) is 12.0. The number of hydrogen-bond donors (Lipinski definition) is 0. The average molecular weight is 422 g/mol. The van der Waals surface area contributed by atoms with Gasteiger partial charge in [0.1, 0.15) is 0 Å². The summed E-state index contributed by atoms with van der Waals surface area (Å²) in [6.07, 6.45) is -4.26. The summed E-state index contributed by atoms with van der Waals surface area (Å²) in [7, 11) is 0. The predicted octanol–water partition coefficient (Wildman–Crippen LogP) is 4.92. The molecule has 0 aliphatic carbocycles. The fourth-order valence-electron chi connectivity index (χ4n) is 3.30. The summed E-state index contributed by atoms with van der Waals surface area (Å²) in [6.45, 7) is 0.390. The van der Waals surface area contributed by atoms with E-state index in [4.69, 9.17) is 16.1 Å². The van der Waals surface area contributed by atoms with Gasteiger partial charge in [0.25, 0.3) is 0 Å². The van der Waals surface area contributed by atoms with Crippen molar-refractivity contribution in [3.8, 4) is 11.4 Å². The topological polar surface area (TPSA) is 59.2 Å². The van der Waals surface area contributed by atoms with Gasteiger partial charge in [-0.2, -0.15) is 18.2 Å². The SMILES string of the molecule is O=C1CC(c2nc(-c3cccc(Cl)c3)no2)CN1Cc1cccc(C(F)(F)F)c1. The van der Waals surface area contributed by atoms with Crippen LogP contribution in [0.15, 0.2) is 53.1 Å². The molecule has 150 valence electrons. The van der Waals surface area contributed by atoms with E-state index in [1.807, 2.05) is 0 Å². The van der Waals surface area contributed by atoms with Gasteiger partial charge in [-0.3, -0.25) is 4.79 Å². The Balaban J connectivity index is 1.48. The molecule has 2 heterocycles. The largest absolute Gasteiger partial charge is 0.416 e. The summed E-state index contributed by atoms with van der Waals surface area (Å²) in [5.41, 5.74) is 0.373. The lowest BCUT2D eigenvalue weighted by atomic mass is 10.1. The number of likely N-dealkylation sites (tertiary alicyclic amines) is 1. The molecule has 1 aromatic heterocycles. The molecule has 1 aliphatic heterocycles. The lowest BCUT2D eigenvalue weighted by Crippen LogP contribution is -2.24. The van der Waals surface area contributed by atoms with Gasteiger partial charge in [0.15, 0.2) is 0 Å². The predicted molar refractivity (Wildman–Crippen MR) is 99.0 cm³/mol. The number of hydrogen-bond acceptors (Lipinski definition) is 4. The third-order valence-corrected chi connectivity index (χ3v) is 4.95. The molecule has 1 aliphatic rings. The molecule has 0 saturated carbocycles. The molecule has 0 N–H and O–H groups in total. The number of carbonyl (C=O) groups is 1. The summed E-state index contributed by atoms with van der Waals surface area (Å²) in [5, 5.41) is 4.48. The standard InChI is InChI=1S/C20H15ClF3N3O2/c21-16-6-2-4-13(8-16)18-25-19(29-26-18)14-9-17(28)27(11-14)10-12-3-1-5-15(7-12)20(22,23)24/h1-8,14H,9-11H2. The quantitative estimate of drug-likeness (QED) is 0.599. The van der Waals surface area contributed by atoms with Crippen molar-refractivity contribution in [2.45, 2.75) is 25.1 Å². The van der Waals surface area contributed by atoms with E-state index in [0.717, 1.165) is 12.1 Å². The maximum atomic E-state index is 12.9. The highest BCUT2D eigenvalue weighted by Crippen LogP contribution is 2.32. The van der Waals surface area contributed by atoms with E-state index < -0.39 is 11.7 Å². The number of aromatic nitrogens is 2. The van der Waals surface area contributed by atoms with Gasteiger partial charge in [-0.1, -0.05) is 41.0 Å². The Hall–Kier alpha value is -2.87. The van der Waals surface area contributed by atoms with E-state index >= 15 is 0 Å². The zero-order valence-electron chi connectivity index (χ0n) is 15.0. The minimum atomic E-state index is -4.42. The van der Waals surface area contributed by atoms with Crippen LogP contribution in [0.3, 0.4) is 0 Å². The van der Waals surface area contributed by atoms with Gasteiger partial charge < -0.3 is 9.42 Å². The Labute approximate surface area is 169 Å². The van der Waals surface area contributed by atoms with Crippen molar-refractivity contribution in [2.24, 2.45) is 0 Å². The second kappa shape index (κ2) is 7.51. The van der Waals surface area contributed by atoms with Crippen molar-refractivity contribution in [1.29, 1.82) is 0 Å². The minimum absolute atomic E-state index is 0.0918. The Kier molecular flexibility index (Phi) is 5.04. The Morgan fingerprint density at radius 2 is 1.97 bits per heavy atom. The van der Waals surface area contributed by atoms with Crippen LogP contribution in [0.2, 0.25) is 5.02 Å². The third kappa shape index (κ3) is 4.27. The first kappa shape index (κ1) is 19.4. The molecule has 1 unspecified atom stereocenters. The van der Waals surface area contributed by atoms with Gasteiger partial charge in [0.2, 0.25) is 17.6 Å². The van der Waals surface area contributed by atoms with E-state index in [9.17, 15) is 18.0 Å². The molecule has 1 atom stereocenters. The van der Waals surface area contributed by atoms with Gasteiger partial charge in [0.05, 0.1) is 11.5 Å². The van der Waals surface area contributed by atoms with Crippen molar-refractivity contribution in [3.63, 3.8) is 0 Å². The highest BCUT2D eigenvalue weighted by Gasteiger charge is 2.35. The molecule has 1 amide bonds. The first-order valence-electron chi connectivity index (χ1n) is 8.83. The van der Waals surface area contributed by atoms with Crippen LogP contribution in [0.1, 0.15) is 29.4 Å². The summed E-state index contributed by atoms with van der Waals surface area (Å²) < 4.78 is 44.0. The third-order valence-electron chi connectivity index (χ3n) is 4.72. The van der Waals surface area contributed by atoms with Crippen LogP contribution in [0.4, 0.5) is 13.2 Å². The average Bonchev–Trinajstić information content (AvgIpc) is 3.29. The lowest BCUT2D eigenvalue weighted by Gasteiger charge is -2.17. The van der Waals surface area contributed by atoms with Crippen molar-refractivity contribution in [3.05, 3.63) is 70.6 Å². The minimum Gasteiger partial charge on any atom is -0.339 e. The van der Waals surface area contributed by atoms with E-state index in [2.05, 4.69) is 10.1 Å². The normalized spacial score (nSPS) is 17.2. The summed E-state index contributed by atoms with van der Waals surface area (Å²) in [4.78, 5) is 18.2. The molecule has 1 saturated heterocycles. The van der Waals surface area contributed by atoms with Crippen LogP contribution in [-0.4, -0.2) is 27.5 Å². The number of amides is 1. The molecule has 9 heteroatoms. The molecular weight excluding hydrogens is 407 g/mol. The Morgan fingerprint density at radius 3 is 2.72 bits per heavy atom. The highest BCUT2D eigenvalue weighted by atomic mass is 35.5. The van der Waals surface area contributed by atoms with Gasteiger partial charge >= 0.3 is 6.18 Å². The van der Waals surface area contributed by atoms with Crippen molar-refractivity contribution >= 4 is 17.5 Å². The molecule has 0 radical (unpaired) electrons. The summed E-state index contributed by atoms with van der Waals surface area (Å²) in [5.74, 6) is 0.204. The van der Waals surface area contributed by atoms with Crippen molar-refractivity contribution in [2.75, 3.05) is 6.54 Å². The van der Waals surface area contributed by atoms with Gasteiger partial charge in [-0.25, -0.2) is 0 Å². The smallest absolute Gasteiger partial charge is 0.339 e. The number of nitrogens with zero attached hydrogens (tertiary/aromatic N) is 3. The fraction of sp³-hybridized carbons (Fsp3) is 0.250. The first-order valence-corrected chi connectivity index (χ1v) is 9.21. The number of halogens is 4. The monoisotopic (exact) mass is 421 g/mol. The molecule has 4 rings (SSSR count). The van der Waals surface area contributed by atoms with Crippen LogP contribution >= 0.6 is 11.6 Å². The summed E-state index contributed by atoms with van der Waals surface area (Å²) >= 11 is 5.98. The molecule has 1 fully saturated rings. The maximum Gasteiger partial charge on any atom is 0.416 e. The molecule has 0 spiro atoms. The number of carbonyl (C=O) groups excluding carboxylic acids is 1. The molecule has 5 nitrogen and oxygen atoms in total. The van der Waals surface area contributed by atoms with Crippen molar-refractivity contribution in [1.82, 2.24) is 15.0 Å². The lowest BCUT2D eigenvalue weighted by molar-refractivity contribution is -0.137. The molecule has 29 heavy (non-hydrogen) atoms. The van der Waals surface area contributed by atoms with Gasteiger partial charge in [0, 0.05) is 30.1 Å². The van der Waals surface area contributed by atoms with E-state index in [-0.39, 0.29) is 24.8 Å². The number of benzene rings is 2. The van der Waals surface area contributed by atoms with Gasteiger partial charge in [-0.15, -0.1) is 0 Å². The van der Waals surface area contributed by atoms with Crippen LogP contribution in [0, 0.1) is 0 Å². The zero-order valence-corrected chi connectivity index (χ0v) is 15.7. The first-order chi connectivity index (χ1) is 13.8. The molecule has 3 aromatic rings. The Morgan fingerprint density at radius 1 is 1.17 bits per heavy atom. The van der Waals surface area contributed by atoms with E-state index in [1.54, 1.807) is 30.3 Å². The van der Waals surface area contributed by atoms with Gasteiger partial charge in [-0.05, 0) is 29.8 Å². The second-order valence-electron chi connectivity index (χ2n) is 6.84. The van der Waals surface area contributed by atoms with Crippen LogP contribution in [0.25, 0.3) is 11.4 Å². The number of rotatable bonds is 4. The van der Waals surface area contributed by atoms with Crippen molar-refractivity contribution < 1.29 is 22.5 Å². The molecule has 0 bridgehead atoms. The van der Waals surface area contributed by atoms with Crippen LogP contribution < -0.4 is 0 Å². The number of alkyl halides is 3. The fourth-order valence-corrected chi connectivity index (χ4v) is 3.49. The zero-order chi connectivity index (χ0) is 20.6. The van der Waals surface area contributed by atoms with Crippen LogP contribution in [0.5, 0.6) is 0 Å². The van der Waals surface area contributed by atoms with E-state index in [1.165, 1.54) is 11.0 Å².